The van der Waals surface area contributed by atoms with Crippen molar-refractivity contribution in [3.8, 4) is 23.6 Å². The van der Waals surface area contributed by atoms with Crippen LogP contribution in [-0.2, 0) is 22.4 Å². The molecule has 2 aromatic rings. The van der Waals surface area contributed by atoms with E-state index in [-0.39, 0.29) is 13.2 Å². The lowest BCUT2D eigenvalue weighted by atomic mass is 10.2. The number of likely N-dealkylation sites (N-methyl/N-ethyl adjacent to an activating group) is 2. The van der Waals surface area contributed by atoms with Crippen LogP contribution in [0.15, 0.2) is 48.5 Å². The fraction of sp³-hybridized carbons (Fsp3) is 0.611. The number of ether oxygens (including phenoxy) is 2. The van der Waals surface area contributed by atoms with Crippen LogP contribution in [0.1, 0.15) is 64.5 Å². The predicted molar refractivity (Wildman–Crippen MR) is 195 cm³/mol. The summed E-state index contributed by atoms with van der Waals surface area (Å²) in [5.41, 5.74) is 1.17. The lowest BCUT2D eigenvalue weighted by Crippen LogP contribution is -2.36. The smallest absolute Gasteiger partial charge is 0.119 e. The summed E-state index contributed by atoms with van der Waals surface area (Å²) in [5, 5.41) is 37.8. The van der Waals surface area contributed by atoms with Crippen LogP contribution < -0.4 is 9.47 Å². The van der Waals surface area contributed by atoms with Crippen molar-refractivity contribution < 1.29 is 28.8 Å². The molecule has 0 aliphatic heterocycles. The first-order valence-electron chi connectivity index (χ1n) is 16.9. The van der Waals surface area contributed by atoms with E-state index in [4.69, 9.17) is 20.0 Å². The Bertz CT molecular complexity index is 1070. The summed E-state index contributed by atoms with van der Waals surface area (Å²) in [6.45, 7) is 13.0. The van der Waals surface area contributed by atoms with Gasteiger partial charge in [0, 0.05) is 39.0 Å². The molecule has 0 fully saturated rings. The predicted octanol–water partition coefficient (Wildman–Crippen LogP) is 4.34. The van der Waals surface area contributed by atoms with Crippen molar-refractivity contribution in [1.29, 1.82) is 10.5 Å². The van der Waals surface area contributed by atoms with E-state index in [1.165, 1.54) is 0 Å². The van der Waals surface area contributed by atoms with E-state index in [2.05, 4.69) is 35.8 Å². The average molecular weight is 705 g/mol. The van der Waals surface area contributed by atoms with Gasteiger partial charge in [0.05, 0.1) is 23.3 Å². The van der Waals surface area contributed by atoms with Gasteiger partial charge in [0.15, 0.2) is 0 Å². The number of benzene rings is 2. The number of hydrogen-bond acceptors (Lipinski definition) is 10. The van der Waals surface area contributed by atoms with Gasteiger partial charge < -0.3 is 38.6 Å². The highest BCUT2D eigenvalue weighted by atomic mass is 32.2. The third-order valence-electron chi connectivity index (χ3n) is 7.24. The number of nitrogens with zero attached hydrogens (tertiary/aromatic N) is 4. The monoisotopic (exact) mass is 704 g/mol. The van der Waals surface area contributed by atoms with Crippen LogP contribution in [0.2, 0.25) is 0 Å². The third kappa shape index (κ3) is 20.8. The van der Waals surface area contributed by atoms with Crippen molar-refractivity contribution in [2.45, 2.75) is 65.6 Å². The van der Waals surface area contributed by atoms with E-state index in [1.54, 1.807) is 48.5 Å². The third-order valence-corrected chi connectivity index (χ3v) is 10.5. The summed E-state index contributed by atoms with van der Waals surface area (Å²) in [7, 11) is 0. The normalized spacial score (nSPS) is 13.5. The molecule has 0 bridgehead atoms. The Morgan fingerprint density at radius 2 is 1.00 bits per heavy atom. The summed E-state index contributed by atoms with van der Waals surface area (Å²) >= 11 is -1.44. The van der Waals surface area contributed by atoms with Gasteiger partial charge in [0.25, 0.3) is 0 Å². The Hall–Kier alpha value is -2.52. The molecule has 0 amide bonds. The van der Waals surface area contributed by atoms with E-state index in [1.807, 2.05) is 13.8 Å². The van der Waals surface area contributed by atoms with E-state index < -0.39 is 34.6 Å². The summed E-state index contributed by atoms with van der Waals surface area (Å²) < 4.78 is 34.4. The van der Waals surface area contributed by atoms with Gasteiger partial charge in [-0.05, 0) is 74.5 Å². The zero-order valence-electron chi connectivity index (χ0n) is 29.2. The number of aliphatic hydroxyl groups is 2. The fourth-order valence-corrected chi connectivity index (χ4v) is 6.87. The van der Waals surface area contributed by atoms with E-state index in [0.29, 0.717) is 35.7 Å². The van der Waals surface area contributed by atoms with Crippen molar-refractivity contribution in [3.05, 3.63) is 59.7 Å². The van der Waals surface area contributed by atoms with Crippen LogP contribution in [0, 0.1) is 22.7 Å². The van der Waals surface area contributed by atoms with E-state index in [0.717, 1.165) is 74.9 Å². The van der Waals surface area contributed by atoms with Crippen LogP contribution in [0.5, 0.6) is 11.5 Å². The molecule has 0 radical (unpaired) electrons. The van der Waals surface area contributed by atoms with Gasteiger partial charge in [-0.1, -0.05) is 50.0 Å². The van der Waals surface area contributed by atoms with Crippen LogP contribution in [0.3, 0.4) is 0 Å². The molecule has 0 aromatic heterocycles. The summed E-state index contributed by atoms with van der Waals surface area (Å²) in [4.78, 5) is 4.30. The van der Waals surface area contributed by atoms with Gasteiger partial charge in [-0.25, -0.2) is 0 Å². The Morgan fingerprint density at radius 1 is 0.646 bits per heavy atom. The molecule has 10 nitrogen and oxygen atoms in total. The SMILES string of the molecule is CCC[S+]([O-])CCCN(CC)CC(O)COc1ccc(C#N)cc1.CCC[S@+]([O-])CCCN(CC)C[C@H](O)COc1ccc(C#N)cc1. The lowest BCUT2D eigenvalue weighted by molar-refractivity contribution is 0.0699. The Labute approximate surface area is 295 Å². The minimum absolute atomic E-state index is 0.212. The summed E-state index contributed by atoms with van der Waals surface area (Å²) in [5.74, 6) is 4.28. The van der Waals surface area contributed by atoms with Gasteiger partial charge in [-0.3, -0.25) is 0 Å². The zero-order valence-corrected chi connectivity index (χ0v) is 30.9. The quantitative estimate of drug-likeness (QED) is 0.151. The van der Waals surface area contributed by atoms with Gasteiger partial charge in [0.2, 0.25) is 0 Å². The van der Waals surface area contributed by atoms with Crippen molar-refractivity contribution >= 4 is 22.4 Å². The molecular weight excluding hydrogens is 649 g/mol. The van der Waals surface area contributed by atoms with Crippen molar-refractivity contribution in [2.24, 2.45) is 0 Å². The molecule has 0 saturated carbocycles. The van der Waals surface area contributed by atoms with Crippen LogP contribution in [0.4, 0.5) is 0 Å². The number of nitriles is 2. The number of aliphatic hydroxyl groups excluding tert-OH is 2. The fourth-order valence-electron chi connectivity index (χ4n) is 4.65. The topological polar surface area (TPSA) is 159 Å². The molecule has 268 valence electrons. The Kier molecular flexibility index (Phi) is 24.8. The molecule has 0 aliphatic carbocycles. The minimum Gasteiger partial charge on any atom is -0.616 e. The van der Waals surface area contributed by atoms with Crippen LogP contribution in [-0.4, -0.2) is 117 Å². The summed E-state index contributed by atoms with van der Waals surface area (Å²) in [6, 6.07) is 17.8. The molecule has 0 spiro atoms. The van der Waals surface area contributed by atoms with Crippen LogP contribution in [0.25, 0.3) is 0 Å². The maximum absolute atomic E-state index is 11.6. The molecule has 2 unspecified atom stereocenters. The average Bonchev–Trinajstić information content (AvgIpc) is 3.09. The van der Waals surface area contributed by atoms with E-state index in [9.17, 15) is 19.3 Å². The second-order valence-corrected chi connectivity index (χ2v) is 14.8. The highest BCUT2D eigenvalue weighted by Crippen LogP contribution is 2.13. The van der Waals surface area contributed by atoms with Crippen molar-refractivity contribution in [2.75, 3.05) is 75.5 Å². The molecule has 2 N–H and O–H groups in total. The first kappa shape index (κ1) is 43.5. The minimum atomic E-state index is -0.719. The second kappa shape index (κ2) is 27.3. The molecule has 48 heavy (non-hydrogen) atoms. The van der Waals surface area contributed by atoms with Gasteiger partial charge in [-0.2, -0.15) is 10.5 Å². The zero-order chi connectivity index (χ0) is 35.6. The molecule has 0 heterocycles. The second-order valence-electron chi connectivity index (χ2n) is 11.4. The Morgan fingerprint density at radius 3 is 1.29 bits per heavy atom. The maximum Gasteiger partial charge on any atom is 0.119 e. The van der Waals surface area contributed by atoms with E-state index >= 15 is 0 Å². The molecule has 2 aromatic carbocycles. The molecule has 0 saturated heterocycles. The standard InChI is InChI=1S/2C18H28N2O3S/c2*1-3-11-24(22)12-5-10-20(4-2)14-17(21)15-23-18-8-6-16(13-19)7-9-18/h2*6-9,17,21H,3-5,10-12,14-15H2,1-2H3/t17-,24-;/m0./s1. The number of hydrogen-bond donors (Lipinski definition) is 2. The Balaban J connectivity index is 0.000000480. The molecule has 0 aliphatic rings. The highest BCUT2D eigenvalue weighted by molar-refractivity contribution is 7.91. The van der Waals surface area contributed by atoms with Gasteiger partial charge in [-0.15, -0.1) is 0 Å². The first-order valence-corrected chi connectivity index (χ1v) is 19.9. The van der Waals surface area contributed by atoms with Crippen molar-refractivity contribution in [3.63, 3.8) is 0 Å². The number of rotatable bonds is 24. The molecular formula is C36H56N4O6S2. The lowest BCUT2D eigenvalue weighted by Gasteiger charge is -2.23. The summed E-state index contributed by atoms with van der Waals surface area (Å²) in [6.07, 6.45) is 2.50. The highest BCUT2D eigenvalue weighted by Gasteiger charge is 2.14. The largest absolute Gasteiger partial charge is 0.616 e. The first-order chi connectivity index (χ1) is 23.2. The van der Waals surface area contributed by atoms with Gasteiger partial charge >= 0.3 is 0 Å². The molecule has 2 rings (SSSR count). The van der Waals surface area contributed by atoms with Gasteiger partial charge in [0.1, 0.15) is 59.9 Å². The van der Waals surface area contributed by atoms with Crippen molar-refractivity contribution in [1.82, 2.24) is 9.80 Å². The molecule has 4 atom stereocenters. The maximum atomic E-state index is 11.6. The van der Waals surface area contributed by atoms with Crippen LogP contribution >= 0.6 is 0 Å². The molecule has 12 heteroatoms.